The first-order valence-electron chi connectivity index (χ1n) is 15.5. The van der Waals surface area contributed by atoms with Gasteiger partial charge in [-0.1, -0.05) is 0 Å². The second-order valence-corrected chi connectivity index (χ2v) is 14.7. The first-order valence-corrected chi connectivity index (χ1v) is 17.4. The van der Waals surface area contributed by atoms with E-state index in [4.69, 9.17) is 4.74 Å². The molecule has 236 valence electrons. The van der Waals surface area contributed by atoms with E-state index in [1.54, 1.807) is 11.1 Å². The van der Waals surface area contributed by atoms with Gasteiger partial charge in [-0.25, -0.2) is 27.5 Å². The number of benzene rings is 1. The smallest absolute Gasteiger partial charge is 0.257 e. The number of aromatic nitrogens is 2. The number of sulfonamides is 1. The van der Waals surface area contributed by atoms with Crippen molar-refractivity contribution < 1.29 is 22.3 Å². The van der Waals surface area contributed by atoms with Crippen LogP contribution in [0.2, 0.25) is 0 Å². The third-order valence-corrected chi connectivity index (χ3v) is 10.0. The van der Waals surface area contributed by atoms with Crippen LogP contribution in [0.4, 0.5) is 10.2 Å². The molecule has 2 aromatic rings. The van der Waals surface area contributed by atoms with Gasteiger partial charge in [-0.2, -0.15) is 0 Å². The Balaban J connectivity index is 1.17. The molecule has 1 aromatic heterocycles. The number of piperidine rings is 1. The standard InChI is InChI=1S/C31H45FN6O4S/c1-5-38(22(2)3)30(39)26-16-24(32)8-11-27(26)42-28-17-33-21-34-29(28)37-19-31(20-37)12-14-36(15-13-31)18-23-6-9-25(10-7-23)35-43(4,40)41/h8,11,16-17,21-23,25,35H,5-7,9-10,12-15,18-20H2,1-4H3/t23-,25-. The van der Waals surface area contributed by atoms with Crippen LogP contribution in [0.3, 0.4) is 0 Å². The van der Waals surface area contributed by atoms with Crippen molar-refractivity contribution in [2.24, 2.45) is 11.3 Å². The zero-order chi connectivity index (χ0) is 30.8. The van der Waals surface area contributed by atoms with Crippen LogP contribution in [0.5, 0.6) is 11.5 Å². The number of halogens is 1. The molecule has 1 saturated carbocycles. The van der Waals surface area contributed by atoms with Gasteiger partial charge in [0, 0.05) is 43.7 Å². The fourth-order valence-electron chi connectivity index (χ4n) is 6.96. The maximum Gasteiger partial charge on any atom is 0.257 e. The van der Waals surface area contributed by atoms with Gasteiger partial charge in [-0.15, -0.1) is 0 Å². The molecule has 1 spiro atoms. The predicted octanol–water partition coefficient (Wildman–Crippen LogP) is 4.29. The summed E-state index contributed by atoms with van der Waals surface area (Å²) in [4.78, 5) is 28.5. The molecule has 12 heteroatoms. The van der Waals surface area contributed by atoms with Gasteiger partial charge >= 0.3 is 0 Å². The van der Waals surface area contributed by atoms with Crippen molar-refractivity contribution >= 4 is 21.7 Å². The number of carbonyl (C=O) groups is 1. The van der Waals surface area contributed by atoms with E-state index in [1.165, 1.54) is 30.8 Å². The number of hydrogen-bond acceptors (Lipinski definition) is 8. The number of carbonyl (C=O) groups excluding carboxylic acids is 1. The lowest BCUT2D eigenvalue weighted by Gasteiger charge is -2.54. The number of nitrogens with zero attached hydrogens (tertiary/aromatic N) is 5. The molecule has 43 heavy (non-hydrogen) atoms. The minimum atomic E-state index is -3.14. The first kappa shape index (κ1) is 31.6. The Hall–Kier alpha value is -2.83. The highest BCUT2D eigenvalue weighted by molar-refractivity contribution is 7.88. The van der Waals surface area contributed by atoms with Gasteiger partial charge in [0.05, 0.1) is 18.0 Å². The Morgan fingerprint density at radius 1 is 1.16 bits per heavy atom. The summed E-state index contributed by atoms with van der Waals surface area (Å²) in [5, 5.41) is 0. The number of likely N-dealkylation sites (tertiary alicyclic amines) is 1. The fraction of sp³-hybridized carbons (Fsp3) is 0.645. The zero-order valence-electron chi connectivity index (χ0n) is 25.8. The van der Waals surface area contributed by atoms with Gasteiger partial charge in [0.25, 0.3) is 5.91 Å². The SMILES string of the molecule is CCN(C(=O)c1cc(F)ccc1Oc1cncnc1N1CC2(CCN(C[C@H]3CC[C@H](NS(C)(=O)=O)CC3)CC2)C1)C(C)C. The lowest BCUT2D eigenvalue weighted by molar-refractivity contribution is 0.0618. The normalized spacial score (nSPS) is 22.4. The van der Waals surface area contributed by atoms with E-state index in [0.29, 0.717) is 24.0 Å². The molecule has 0 atom stereocenters. The van der Waals surface area contributed by atoms with E-state index in [0.717, 1.165) is 71.2 Å². The molecule has 2 saturated heterocycles. The zero-order valence-corrected chi connectivity index (χ0v) is 26.6. The Kier molecular flexibility index (Phi) is 9.58. The molecule has 2 aliphatic heterocycles. The summed E-state index contributed by atoms with van der Waals surface area (Å²) >= 11 is 0. The quantitative estimate of drug-likeness (QED) is 0.422. The Morgan fingerprint density at radius 2 is 1.86 bits per heavy atom. The van der Waals surface area contributed by atoms with Gasteiger partial charge < -0.3 is 19.4 Å². The highest BCUT2D eigenvalue weighted by atomic mass is 32.2. The molecule has 3 aliphatic rings. The molecule has 0 radical (unpaired) electrons. The van der Waals surface area contributed by atoms with Gasteiger partial charge in [-0.3, -0.25) is 4.79 Å². The number of ether oxygens (including phenoxy) is 1. The second-order valence-electron chi connectivity index (χ2n) is 12.9. The van der Waals surface area contributed by atoms with E-state index in [9.17, 15) is 17.6 Å². The van der Waals surface area contributed by atoms with Crippen molar-refractivity contribution in [3.8, 4) is 11.5 Å². The highest BCUT2D eigenvalue weighted by Crippen LogP contribution is 2.45. The monoisotopic (exact) mass is 616 g/mol. The Labute approximate surface area is 255 Å². The topological polar surface area (TPSA) is 108 Å². The van der Waals surface area contributed by atoms with Gasteiger partial charge in [0.2, 0.25) is 10.0 Å². The van der Waals surface area contributed by atoms with Crippen LogP contribution in [0.15, 0.2) is 30.7 Å². The third kappa shape index (κ3) is 7.64. The molecule has 5 rings (SSSR count). The largest absolute Gasteiger partial charge is 0.451 e. The number of rotatable bonds is 10. The Morgan fingerprint density at radius 3 is 2.49 bits per heavy atom. The summed E-state index contributed by atoms with van der Waals surface area (Å²) in [5.74, 6) is 1.27. The molecule has 0 bridgehead atoms. The van der Waals surface area contributed by atoms with E-state index >= 15 is 0 Å². The maximum absolute atomic E-state index is 14.2. The highest BCUT2D eigenvalue weighted by Gasteiger charge is 2.46. The number of hydrogen-bond donors (Lipinski definition) is 1. The summed E-state index contributed by atoms with van der Waals surface area (Å²) in [7, 11) is -3.14. The van der Waals surface area contributed by atoms with Crippen molar-refractivity contribution in [2.45, 2.75) is 71.4 Å². The summed E-state index contributed by atoms with van der Waals surface area (Å²) in [6.45, 7) is 11.2. The minimum absolute atomic E-state index is 0.0350. The number of amides is 1. The lowest BCUT2D eigenvalue weighted by Crippen LogP contribution is -2.61. The number of anilines is 1. The van der Waals surface area contributed by atoms with Crippen LogP contribution in [-0.2, 0) is 10.0 Å². The molecule has 1 aromatic carbocycles. The summed E-state index contributed by atoms with van der Waals surface area (Å²) < 4.78 is 46.3. The van der Waals surface area contributed by atoms with Crippen LogP contribution in [0, 0.1) is 17.2 Å². The van der Waals surface area contributed by atoms with Crippen molar-refractivity contribution in [3.63, 3.8) is 0 Å². The van der Waals surface area contributed by atoms with Crippen LogP contribution < -0.4 is 14.4 Å². The molecule has 10 nitrogen and oxygen atoms in total. The molecule has 3 heterocycles. The van der Waals surface area contributed by atoms with E-state index in [2.05, 4.69) is 24.5 Å². The Bertz CT molecular complexity index is 1380. The maximum atomic E-state index is 14.2. The van der Waals surface area contributed by atoms with Gasteiger partial charge in [0.1, 0.15) is 17.9 Å². The summed E-state index contributed by atoms with van der Waals surface area (Å²) in [6.07, 6.45) is 10.5. The van der Waals surface area contributed by atoms with Crippen LogP contribution in [0.1, 0.15) is 69.7 Å². The van der Waals surface area contributed by atoms with Crippen LogP contribution >= 0.6 is 0 Å². The third-order valence-electron chi connectivity index (χ3n) is 9.29. The average molecular weight is 617 g/mol. The van der Waals surface area contributed by atoms with Crippen molar-refractivity contribution in [1.82, 2.24) is 24.5 Å². The van der Waals surface area contributed by atoms with E-state index < -0.39 is 15.8 Å². The van der Waals surface area contributed by atoms with Crippen molar-refractivity contribution in [3.05, 3.63) is 42.1 Å². The van der Waals surface area contributed by atoms with Crippen molar-refractivity contribution in [1.29, 1.82) is 0 Å². The van der Waals surface area contributed by atoms with E-state index in [1.807, 2.05) is 20.8 Å². The summed E-state index contributed by atoms with van der Waals surface area (Å²) in [5.41, 5.74) is 0.420. The van der Waals surface area contributed by atoms with Crippen molar-refractivity contribution in [2.75, 3.05) is 50.4 Å². The van der Waals surface area contributed by atoms with Crippen LogP contribution in [0.25, 0.3) is 0 Å². The first-order chi connectivity index (χ1) is 20.4. The number of nitrogens with one attached hydrogen (secondary N) is 1. The second kappa shape index (κ2) is 13.0. The van der Waals surface area contributed by atoms with Gasteiger partial charge in [0.15, 0.2) is 11.6 Å². The summed E-state index contributed by atoms with van der Waals surface area (Å²) in [6, 6.07) is 4.07. The van der Waals surface area contributed by atoms with Crippen LogP contribution in [-0.4, -0.2) is 91.7 Å². The molecule has 1 amide bonds. The fourth-order valence-corrected chi connectivity index (χ4v) is 7.81. The molecule has 3 fully saturated rings. The molecule has 0 unspecified atom stereocenters. The predicted molar refractivity (Wildman–Crippen MR) is 164 cm³/mol. The van der Waals surface area contributed by atoms with Gasteiger partial charge in [-0.05, 0) is 96.5 Å². The molecule has 1 aliphatic carbocycles. The minimum Gasteiger partial charge on any atom is -0.451 e. The molecule has 1 N–H and O–H groups in total. The van der Waals surface area contributed by atoms with E-state index in [-0.39, 0.29) is 34.7 Å². The molecular weight excluding hydrogens is 571 g/mol. The lowest BCUT2D eigenvalue weighted by atomic mass is 9.71. The average Bonchev–Trinajstić information content (AvgIpc) is 2.94. The molecular formula is C31H45FN6O4S.